The van der Waals surface area contributed by atoms with Gasteiger partial charge in [-0.15, -0.1) is 0 Å². The number of halogens is 3. The van der Waals surface area contributed by atoms with Crippen molar-refractivity contribution in [2.75, 3.05) is 13.1 Å². The number of carbonyl (C=O) groups excluding carboxylic acids is 1. The molecule has 1 aromatic carbocycles. The van der Waals surface area contributed by atoms with E-state index < -0.39 is 11.7 Å². The average molecular weight is 286 g/mol. The number of alkyl halides is 3. The number of carbonyl (C=O) groups is 1. The lowest BCUT2D eigenvalue weighted by molar-refractivity contribution is -0.137. The zero-order valence-corrected chi connectivity index (χ0v) is 11.0. The predicted octanol–water partition coefficient (Wildman–Crippen LogP) is 2.32. The largest absolute Gasteiger partial charge is 0.416 e. The molecule has 0 aliphatic carbocycles. The van der Waals surface area contributed by atoms with Crippen molar-refractivity contribution in [3.63, 3.8) is 0 Å². The van der Waals surface area contributed by atoms with Gasteiger partial charge in [-0.25, -0.2) is 0 Å². The molecule has 1 aliphatic heterocycles. The van der Waals surface area contributed by atoms with E-state index in [0.717, 1.165) is 31.5 Å². The quantitative estimate of drug-likeness (QED) is 0.895. The zero-order valence-electron chi connectivity index (χ0n) is 11.0. The second-order valence-corrected chi connectivity index (χ2v) is 4.96. The first-order valence-corrected chi connectivity index (χ1v) is 6.61. The van der Waals surface area contributed by atoms with Crippen LogP contribution in [-0.4, -0.2) is 19.0 Å². The van der Waals surface area contributed by atoms with Gasteiger partial charge in [0, 0.05) is 13.1 Å². The Hall–Kier alpha value is -1.56. The molecule has 20 heavy (non-hydrogen) atoms. The predicted molar refractivity (Wildman–Crippen MR) is 68.9 cm³/mol. The topological polar surface area (TPSA) is 41.1 Å². The van der Waals surface area contributed by atoms with Crippen LogP contribution in [-0.2, 0) is 17.5 Å². The minimum atomic E-state index is -4.35. The third-order valence-corrected chi connectivity index (χ3v) is 3.39. The lowest BCUT2D eigenvalue weighted by atomic mass is 9.99. The van der Waals surface area contributed by atoms with Crippen LogP contribution in [0.1, 0.15) is 24.0 Å². The highest BCUT2D eigenvalue weighted by molar-refractivity contribution is 5.78. The highest BCUT2D eigenvalue weighted by Gasteiger charge is 2.30. The van der Waals surface area contributed by atoms with Crippen molar-refractivity contribution in [3.05, 3.63) is 35.4 Å². The van der Waals surface area contributed by atoms with Crippen LogP contribution >= 0.6 is 0 Å². The third kappa shape index (κ3) is 3.96. The standard InChI is InChI=1S/C14H17F3N2O/c15-14(16,17)12-5-1-3-10(7-12)8-19-13(20)11-4-2-6-18-9-11/h1,3,5,7,11,18H,2,4,6,8-9H2,(H,19,20)/t11-/m0/s1. The molecule has 0 bridgehead atoms. The van der Waals surface area contributed by atoms with Crippen molar-refractivity contribution < 1.29 is 18.0 Å². The Balaban J connectivity index is 1.92. The zero-order chi connectivity index (χ0) is 14.6. The van der Waals surface area contributed by atoms with Crippen molar-refractivity contribution >= 4 is 5.91 Å². The fraction of sp³-hybridized carbons (Fsp3) is 0.500. The molecule has 1 fully saturated rings. The fourth-order valence-electron chi connectivity index (χ4n) is 2.27. The molecular formula is C14H17F3N2O. The van der Waals surface area contributed by atoms with Crippen molar-refractivity contribution in [2.24, 2.45) is 5.92 Å². The van der Waals surface area contributed by atoms with E-state index in [4.69, 9.17) is 0 Å². The third-order valence-electron chi connectivity index (χ3n) is 3.39. The molecule has 1 amide bonds. The fourth-order valence-corrected chi connectivity index (χ4v) is 2.27. The number of hydrogen-bond donors (Lipinski definition) is 2. The van der Waals surface area contributed by atoms with Gasteiger partial charge in [-0.3, -0.25) is 4.79 Å². The van der Waals surface area contributed by atoms with E-state index in [0.29, 0.717) is 12.1 Å². The summed E-state index contributed by atoms with van der Waals surface area (Å²) in [5.41, 5.74) is -0.236. The molecule has 6 heteroatoms. The summed E-state index contributed by atoms with van der Waals surface area (Å²) >= 11 is 0. The summed E-state index contributed by atoms with van der Waals surface area (Å²) in [5, 5.41) is 5.83. The minimum Gasteiger partial charge on any atom is -0.352 e. The van der Waals surface area contributed by atoms with Crippen molar-refractivity contribution in [1.29, 1.82) is 0 Å². The van der Waals surface area contributed by atoms with Crippen molar-refractivity contribution in [3.8, 4) is 0 Å². The van der Waals surface area contributed by atoms with Gasteiger partial charge in [-0.1, -0.05) is 12.1 Å². The van der Waals surface area contributed by atoms with Gasteiger partial charge in [0.2, 0.25) is 5.91 Å². The van der Waals surface area contributed by atoms with Gasteiger partial charge >= 0.3 is 6.18 Å². The van der Waals surface area contributed by atoms with E-state index >= 15 is 0 Å². The molecule has 1 aliphatic rings. The maximum atomic E-state index is 12.6. The molecule has 1 aromatic rings. The smallest absolute Gasteiger partial charge is 0.352 e. The van der Waals surface area contributed by atoms with Crippen LogP contribution in [0.2, 0.25) is 0 Å². The highest BCUT2D eigenvalue weighted by Crippen LogP contribution is 2.29. The van der Waals surface area contributed by atoms with Gasteiger partial charge in [0.15, 0.2) is 0 Å². The summed E-state index contributed by atoms with van der Waals surface area (Å²) in [5.74, 6) is -0.191. The van der Waals surface area contributed by atoms with Crippen molar-refractivity contribution in [1.82, 2.24) is 10.6 Å². The first-order chi connectivity index (χ1) is 9.47. The summed E-state index contributed by atoms with van der Waals surface area (Å²) in [6.07, 6.45) is -2.59. The van der Waals surface area contributed by atoms with Crippen LogP contribution in [0.25, 0.3) is 0 Å². The second-order valence-electron chi connectivity index (χ2n) is 4.96. The van der Waals surface area contributed by atoms with Gasteiger partial charge in [-0.05, 0) is 37.1 Å². The molecule has 0 spiro atoms. The Kier molecular flexibility index (Phi) is 4.65. The van der Waals surface area contributed by atoms with Crippen LogP contribution in [0, 0.1) is 5.92 Å². The first kappa shape index (κ1) is 14.8. The normalized spacial score (nSPS) is 19.6. The molecule has 0 aromatic heterocycles. The molecule has 3 nitrogen and oxygen atoms in total. The molecule has 110 valence electrons. The molecule has 1 atom stereocenters. The minimum absolute atomic E-state index is 0.0884. The number of rotatable bonds is 3. The van der Waals surface area contributed by atoms with Gasteiger partial charge < -0.3 is 10.6 Å². The van der Waals surface area contributed by atoms with Gasteiger partial charge in [0.1, 0.15) is 0 Å². The average Bonchev–Trinajstić information content (AvgIpc) is 2.45. The first-order valence-electron chi connectivity index (χ1n) is 6.61. The van der Waals surface area contributed by atoms with Gasteiger partial charge in [0.25, 0.3) is 0 Å². The number of hydrogen-bond acceptors (Lipinski definition) is 2. The summed E-state index contributed by atoms with van der Waals surface area (Å²) in [6.45, 7) is 1.67. The number of benzene rings is 1. The molecule has 2 N–H and O–H groups in total. The second kappa shape index (κ2) is 6.26. The Labute approximate surface area is 115 Å². The Morgan fingerprint density at radius 3 is 2.85 bits per heavy atom. The van der Waals surface area contributed by atoms with Crippen LogP contribution in [0.15, 0.2) is 24.3 Å². The number of amides is 1. The SMILES string of the molecule is O=C(NCc1cccc(C(F)(F)F)c1)[C@H]1CCCNC1. The van der Waals surface area contributed by atoms with Crippen LogP contribution < -0.4 is 10.6 Å². The van der Waals surface area contributed by atoms with E-state index in [2.05, 4.69) is 10.6 Å². The Morgan fingerprint density at radius 1 is 1.40 bits per heavy atom. The van der Waals surface area contributed by atoms with Crippen molar-refractivity contribution in [2.45, 2.75) is 25.6 Å². The lowest BCUT2D eigenvalue weighted by Crippen LogP contribution is -2.40. The summed E-state index contributed by atoms with van der Waals surface area (Å²) in [7, 11) is 0. The van der Waals surface area contributed by atoms with Crippen LogP contribution in [0.3, 0.4) is 0 Å². The molecule has 2 rings (SSSR count). The summed E-state index contributed by atoms with van der Waals surface area (Å²) < 4.78 is 37.7. The number of piperidine rings is 1. The van der Waals surface area contributed by atoms with E-state index in [1.165, 1.54) is 6.07 Å². The molecule has 0 radical (unpaired) electrons. The Bertz CT molecular complexity index is 468. The molecule has 0 saturated carbocycles. The molecule has 1 saturated heterocycles. The van der Waals surface area contributed by atoms with E-state index in [1.807, 2.05) is 0 Å². The van der Waals surface area contributed by atoms with Crippen LogP contribution in [0.4, 0.5) is 13.2 Å². The van der Waals surface area contributed by atoms with E-state index in [9.17, 15) is 18.0 Å². The maximum absolute atomic E-state index is 12.6. The van der Waals surface area contributed by atoms with Crippen LogP contribution in [0.5, 0.6) is 0 Å². The maximum Gasteiger partial charge on any atom is 0.416 e. The Morgan fingerprint density at radius 2 is 2.20 bits per heavy atom. The molecular weight excluding hydrogens is 269 g/mol. The van der Waals surface area contributed by atoms with E-state index in [1.54, 1.807) is 6.07 Å². The summed E-state index contributed by atoms with van der Waals surface area (Å²) in [6, 6.07) is 5.02. The van der Waals surface area contributed by atoms with Gasteiger partial charge in [0.05, 0.1) is 11.5 Å². The summed E-state index contributed by atoms with van der Waals surface area (Å²) in [4.78, 5) is 11.9. The highest BCUT2D eigenvalue weighted by atomic mass is 19.4. The molecule has 1 heterocycles. The molecule has 0 unspecified atom stereocenters. The number of nitrogens with one attached hydrogen (secondary N) is 2. The van der Waals surface area contributed by atoms with Gasteiger partial charge in [-0.2, -0.15) is 13.2 Å². The van der Waals surface area contributed by atoms with E-state index in [-0.39, 0.29) is 18.4 Å². The lowest BCUT2D eigenvalue weighted by Gasteiger charge is -2.22. The monoisotopic (exact) mass is 286 g/mol.